The molecule has 0 spiro atoms. The number of nitrogens with zero attached hydrogens (tertiary/aromatic N) is 1. The van der Waals surface area contributed by atoms with Crippen LogP contribution >= 0.6 is 11.6 Å². The lowest BCUT2D eigenvalue weighted by molar-refractivity contribution is 0.0832. The number of aliphatic hydroxyl groups is 1. The van der Waals surface area contributed by atoms with Crippen LogP contribution in [-0.4, -0.2) is 43.4 Å². The van der Waals surface area contributed by atoms with Crippen molar-refractivity contribution in [1.29, 1.82) is 0 Å². The van der Waals surface area contributed by atoms with Gasteiger partial charge in [-0.3, -0.25) is 0 Å². The van der Waals surface area contributed by atoms with E-state index in [1.807, 2.05) is 19.0 Å². The van der Waals surface area contributed by atoms with Crippen molar-refractivity contribution >= 4 is 22.6 Å². The Morgan fingerprint density at radius 3 is 2.71 bits per heavy atom. The van der Waals surface area contributed by atoms with Gasteiger partial charge in [-0.2, -0.15) is 0 Å². The molecule has 1 atom stereocenters. The van der Waals surface area contributed by atoms with Gasteiger partial charge in [-0.25, -0.2) is 4.79 Å². The molecular weight excluding hydrogens is 330 g/mol. The Morgan fingerprint density at radius 1 is 1.29 bits per heavy atom. The summed E-state index contributed by atoms with van der Waals surface area (Å²) in [7, 11) is 3.76. The molecule has 1 aliphatic carbocycles. The van der Waals surface area contributed by atoms with E-state index in [1.54, 1.807) is 12.1 Å². The molecule has 2 aromatic rings. The molecule has 1 N–H and O–H groups in total. The molecule has 0 saturated heterocycles. The number of fused-ring (bicyclic) bond motifs is 3. The minimum absolute atomic E-state index is 0.124. The van der Waals surface area contributed by atoms with E-state index in [9.17, 15) is 9.90 Å². The van der Waals surface area contributed by atoms with Crippen LogP contribution in [0.4, 0.5) is 0 Å². The zero-order valence-corrected chi connectivity index (χ0v) is 14.7. The van der Waals surface area contributed by atoms with Crippen LogP contribution in [0.2, 0.25) is 5.02 Å². The monoisotopic (exact) mass is 351 g/mol. The quantitative estimate of drug-likeness (QED) is 0.839. The highest BCUT2D eigenvalue weighted by atomic mass is 35.5. The predicted octanol–water partition coefficient (Wildman–Crippen LogP) is 2.63. The molecule has 24 heavy (non-hydrogen) atoms. The van der Waals surface area contributed by atoms with Gasteiger partial charge in [0, 0.05) is 23.6 Å². The fourth-order valence-electron chi connectivity index (χ4n) is 3.22. The van der Waals surface area contributed by atoms with Crippen molar-refractivity contribution in [3.8, 4) is 5.75 Å². The van der Waals surface area contributed by atoms with Crippen LogP contribution in [0.5, 0.6) is 5.75 Å². The molecule has 1 aliphatic rings. The van der Waals surface area contributed by atoms with Crippen molar-refractivity contribution < 1.29 is 14.3 Å². The van der Waals surface area contributed by atoms with Crippen molar-refractivity contribution in [2.24, 2.45) is 0 Å². The summed E-state index contributed by atoms with van der Waals surface area (Å²) in [5.74, 6) is 0.417. The van der Waals surface area contributed by atoms with Crippen molar-refractivity contribution in [3.63, 3.8) is 0 Å². The van der Waals surface area contributed by atoms with Crippen LogP contribution in [0, 0.1) is 0 Å². The molecule has 0 fully saturated rings. The number of aryl methyl sites for hydroxylation is 1. The number of hydrogen-bond donors (Lipinski definition) is 1. The van der Waals surface area contributed by atoms with Gasteiger partial charge in [0.25, 0.3) is 0 Å². The first-order chi connectivity index (χ1) is 11.5. The van der Waals surface area contributed by atoms with E-state index in [0.29, 0.717) is 22.9 Å². The van der Waals surface area contributed by atoms with E-state index in [0.717, 1.165) is 42.2 Å². The summed E-state index contributed by atoms with van der Waals surface area (Å²) in [5.41, 5.74) is 2.05. The molecule has 1 heterocycles. The number of benzene rings is 1. The molecule has 0 bridgehead atoms. The van der Waals surface area contributed by atoms with Gasteiger partial charge in [0.1, 0.15) is 24.0 Å². The zero-order valence-electron chi connectivity index (χ0n) is 14.0. The fourth-order valence-corrected chi connectivity index (χ4v) is 3.43. The first-order valence-electron chi connectivity index (χ1n) is 8.19. The van der Waals surface area contributed by atoms with Crippen LogP contribution < -0.4 is 10.4 Å². The molecule has 5 nitrogen and oxygen atoms in total. The predicted molar refractivity (Wildman–Crippen MR) is 94.2 cm³/mol. The highest BCUT2D eigenvalue weighted by molar-refractivity contribution is 6.32. The van der Waals surface area contributed by atoms with E-state index in [1.165, 1.54) is 0 Å². The Morgan fingerprint density at radius 2 is 2.00 bits per heavy atom. The Labute approximate surface area is 145 Å². The standard InChI is InChI=1S/C18H22ClNO4/c1-20(2)9-11(21)10-23-17-8-16-14(7-15(17)19)12-5-3-4-6-13(12)18(22)24-16/h7-8,11,21H,3-6,9-10H2,1-2H3. The van der Waals surface area contributed by atoms with E-state index in [-0.39, 0.29) is 12.2 Å². The summed E-state index contributed by atoms with van der Waals surface area (Å²) < 4.78 is 11.1. The van der Waals surface area contributed by atoms with Gasteiger partial charge < -0.3 is 19.2 Å². The molecule has 1 aromatic carbocycles. The summed E-state index contributed by atoms with van der Waals surface area (Å²) in [6.45, 7) is 0.617. The Bertz CT molecular complexity index is 800. The Kier molecular flexibility index (Phi) is 5.13. The lowest BCUT2D eigenvalue weighted by Gasteiger charge is -2.19. The fraction of sp³-hybridized carbons (Fsp3) is 0.500. The van der Waals surface area contributed by atoms with E-state index in [2.05, 4.69) is 0 Å². The largest absolute Gasteiger partial charge is 0.489 e. The summed E-state index contributed by atoms with van der Waals surface area (Å²) >= 11 is 6.34. The van der Waals surface area contributed by atoms with Gasteiger partial charge in [-0.05, 0) is 51.4 Å². The number of hydrogen-bond acceptors (Lipinski definition) is 5. The average molecular weight is 352 g/mol. The Balaban J connectivity index is 1.91. The summed E-state index contributed by atoms with van der Waals surface area (Å²) in [5, 5.41) is 11.2. The van der Waals surface area contributed by atoms with Gasteiger partial charge in [0.2, 0.25) is 0 Å². The second kappa shape index (κ2) is 7.13. The van der Waals surface area contributed by atoms with Gasteiger partial charge in [-0.1, -0.05) is 11.6 Å². The second-order valence-corrected chi connectivity index (χ2v) is 6.97. The molecule has 0 saturated carbocycles. The van der Waals surface area contributed by atoms with Crippen molar-refractivity contribution in [1.82, 2.24) is 4.90 Å². The highest BCUT2D eigenvalue weighted by Crippen LogP contribution is 2.34. The van der Waals surface area contributed by atoms with E-state index in [4.69, 9.17) is 20.8 Å². The lowest BCUT2D eigenvalue weighted by Crippen LogP contribution is -2.30. The molecule has 1 unspecified atom stereocenters. The van der Waals surface area contributed by atoms with Gasteiger partial charge in [0.15, 0.2) is 0 Å². The molecule has 6 heteroatoms. The normalized spacial score (nSPS) is 15.5. The topological polar surface area (TPSA) is 62.9 Å². The molecule has 1 aromatic heterocycles. The van der Waals surface area contributed by atoms with Gasteiger partial charge >= 0.3 is 5.63 Å². The van der Waals surface area contributed by atoms with E-state index >= 15 is 0 Å². The van der Waals surface area contributed by atoms with Gasteiger partial charge in [0.05, 0.1) is 5.02 Å². The summed E-state index contributed by atoms with van der Waals surface area (Å²) in [6.07, 6.45) is 3.10. The smallest absolute Gasteiger partial charge is 0.339 e. The molecular formula is C18H22ClNO4. The molecule has 0 aliphatic heterocycles. The maximum Gasteiger partial charge on any atom is 0.339 e. The average Bonchev–Trinajstić information content (AvgIpc) is 2.53. The third-order valence-electron chi connectivity index (χ3n) is 4.28. The van der Waals surface area contributed by atoms with Gasteiger partial charge in [-0.15, -0.1) is 0 Å². The molecule has 3 rings (SSSR count). The summed E-state index contributed by atoms with van der Waals surface area (Å²) in [4.78, 5) is 14.1. The van der Waals surface area contributed by atoms with E-state index < -0.39 is 6.10 Å². The van der Waals surface area contributed by atoms with Crippen LogP contribution in [0.3, 0.4) is 0 Å². The number of ether oxygens (including phenoxy) is 1. The highest BCUT2D eigenvalue weighted by Gasteiger charge is 2.19. The molecule has 0 amide bonds. The minimum atomic E-state index is -0.623. The minimum Gasteiger partial charge on any atom is -0.489 e. The number of likely N-dealkylation sites (N-methyl/N-ethyl adjacent to an activating group) is 1. The maximum absolute atomic E-state index is 12.2. The number of rotatable bonds is 5. The lowest BCUT2D eigenvalue weighted by atomic mass is 9.91. The SMILES string of the molecule is CN(C)CC(O)COc1cc2oc(=O)c3c(c2cc1Cl)CCCC3. The number of halogens is 1. The second-order valence-electron chi connectivity index (χ2n) is 6.56. The van der Waals surface area contributed by atoms with Crippen LogP contribution in [0.25, 0.3) is 11.0 Å². The van der Waals surface area contributed by atoms with Crippen molar-refractivity contribution in [2.45, 2.75) is 31.8 Å². The first kappa shape index (κ1) is 17.3. The zero-order chi connectivity index (χ0) is 17.3. The molecule has 0 radical (unpaired) electrons. The number of aliphatic hydroxyl groups excluding tert-OH is 1. The van der Waals surface area contributed by atoms with Crippen LogP contribution in [-0.2, 0) is 12.8 Å². The van der Waals surface area contributed by atoms with Crippen molar-refractivity contribution in [2.75, 3.05) is 27.2 Å². The van der Waals surface area contributed by atoms with Crippen LogP contribution in [0.1, 0.15) is 24.0 Å². The first-order valence-corrected chi connectivity index (χ1v) is 8.57. The molecule has 130 valence electrons. The summed E-state index contributed by atoms with van der Waals surface area (Å²) in [6, 6.07) is 3.45. The maximum atomic E-state index is 12.2. The van der Waals surface area contributed by atoms with Crippen molar-refractivity contribution in [3.05, 3.63) is 38.7 Å². The third kappa shape index (κ3) is 3.58. The Hall–Kier alpha value is -1.56. The van der Waals surface area contributed by atoms with Crippen LogP contribution in [0.15, 0.2) is 21.3 Å². The third-order valence-corrected chi connectivity index (χ3v) is 4.58.